The number of ether oxygens (including phenoxy) is 1. The van der Waals surface area contributed by atoms with Crippen LogP contribution in [0.4, 0.5) is 0 Å². The molecule has 0 aromatic carbocycles. The number of aromatic nitrogens is 2. The van der Waals surface area contributed by atoms with Crippen LogP contribution in [0.5, 0.6) is 0 Å². The summed E-state index contributed by atoms with van der Waals surface area (Å²) < 4.78 is 6.14. The maximum Gasteiger partial charge on any atom is 0.247 e. The van der Waals surface area contributed by atoms with Crippen LogP contribution in [0, 0.1) is 11.8 Å². The van der Waals surface area contributed by atoms with Crippen LogP contribution in [-0.2, 0) is 14.3 Å². The fourth-order valence-electron chi connectivity index (χ4n) is 4.53. The highest BCUT2D eigenvalue weighted by molar-refractivity contribution is 5.88. The van der Waals surface area contributed by atoms with Crippen LogP contribution < -0.4 is 5.32 Å². The summed E-state index contributed by atoms with van der Waals surface area (Å²) in [4.78, 5) is 27.6. The summed E-state index contributed by atoms with van der Waals surface area (Å²) in [5.74, 6) is 0.649. The summed E-state index contributed by atoms with van der Waals surface area (Å²) >= 11 is 0. The van der Waals surface area contributed by atoms with E-state index in [1.165, 1.54) is 32.1 Å². The van der Waals surface area contributed by atoms with Crippen LogP contribution in [0.25, 0.3) is 0 Å². The molecule has 1 saturated heterocycles. The molecule has 7 nitrogen and oxygen atoms in total. The number of likely N-dealkylation sites (tertiary alicyclic amines) is 1. The summed E-state index contributed by atoms with van der Waals surface area (Å²) in [6.45, 7) is 7.64. The predicted octanol–water partition coefficient (Wildman–Crippen LogP) is 3.24. The van der Waals surface area contributed by atoms with Gasteiger partial charge in [-0.1, -0.05) is 33.1 Å². The monoisotopic (exact) mass is 418 g/mol. The quantitative estimate of drug-likeness (QED) is 0.678. The van der Waals surface area contributed by atoms with E-state index in [1.807, 2.05) is 37.9 Å². The van der Waals surface area contributed by atoms with Gasteiger partial charge in [0.15, 0.2) is 0 Å². The van der Waals surface area contributed by atoms with E-state index in [9.17, 15) is 9.59 Å². The van der Waals surface area contributed by atoms with E-state index >= 15 is 0 Å². The molecular weight excluding hydrogens is 380 g/mol. The van der Waals surface area contributed by atoms with Gasteiger partial charge in [0, 0.05) is 37.7 Å². The molecule has 2 amide bonds. The number of hydrogen-bond acceptors (Lipinski definition) is 4. The molecule has 0 bridgehead atoms. The second-order valence-corrected chi connectivity index (χ2v) is 9.28. The van der Waals surface area contributed by atoms with Crippen LogP contribution in [0.1, 0.15) is 77.3 Å². The van der Waals surface area contributed by atoms with Gasteiger partial charge in [0.1, 0.15) is 6.04 Å². The van der Waals surface area contributed by atoms with E-state index in [2.05, 4.69) is 15.5 Å². The summed E-state index contributed by atoms with van der Waals surface area (Å²) in [5.41, 5.74) is 1.07. The Morgan fingerprint density at radius 3 is 2.47 bits per heavy atom. The van der Waals surface area contributed by atoms with Crippen molar-refractivity contribution in [2.24, 2.45) is 11.8 Å². The molecule has 2 aliphatic rings. The minimum atomic E-state index is -0.634. The molecule has 2 fully saturated rings. The number of carbonyl (C=O) groups excluding carboxylic acids is 2. The Labute approximate surface area is 180 Å². The number of hydrogen-bond donors (Lipinski definition) is 2. The molecule has 1 aliphatic heterocycles. The van der Waals surface area contributed by atoms with E-state index < -0.39 is 6.04 Å². The Balaban J connectivity index is 1.58. The third-order valence-corrected chi connectivity index (χ3v) is 6.62. The molecule has 1 aliphatic carbocycles. The van der Waals surface area contributed by atoms with Crippen molar-refractivity contribution in [1.29, 1.82) is 0 Å². The fraction of sp³-hybridized carbons (Fsp3) is 0.783. The van der Waals surface area contributed by atoms with Gasteiger partial charge in [-0.25, -0.2) is 0 Å². The zero-order valence-electron chi connectivity index (χ0n) is 18.7. The Morgan fingerprint density at radius 2 is 1.87 bits per heavy atom. The van der Waals surface area contributed by atoms with Crippen molar-refractivity contribution in [3.05, 3.63) is 18.0 Å². The van der Waals surface area contributed by atoms with Crippen LogP contribution in [0.2, 0.25) is 0 Å². The average molecular weight is 419 g/mol. The first kappa shape index (κ1) is 22.8. The molecule has 1 saturated carbocycles. The molecular formula is C23H38N4O3. The predicted molar refractivity (Wildman–Crippen MR) is 116 cm³/mol. The number of aromatic amines is 1. The fourth-order valence-corrected chi connectivity index (χ4v) is 4.53. The summed E-state index contributed by atoms with van der Waals surface area (Å²) in [6.07, 6.45) is 9.51. The number of H-pyrrole nitrogens is 1. The molecule has 0 radical (unpaired) electrons. The molecule has 2 heterocycles. The van der Waals surface area contributed by atoms with Gasteiger partial charge in [-0.3, -0.25) is 14.7 Å². The third kappa shape index (κ3) is 6.06. The molecule has 2 N–H and O–H groups in total. The van der Waals surface area contributed by atoms with Crippen LogP contribution in [0.3, 0.4) is 0 Å². The third-order valence-electron chi connectivity index (χ3n) is 6.62. The van der Waals surface area contributed by atoms with Crippen molar-refractivity contribution >= 4 is 11.8 Å². The minimum Gasteiger partial charge on any atom is -0.376 e. The topological polar surface area (TPSA) is 87.3 Å². The van der Waals surface area contributed by atoms with Crippen molar-refractivity contribution in [3.63, 3.8) is 0 Å². The van der Waals surface area contributed by atoms with Crippen molar-refractivity contribution in [2.75, 3.05) is 19.7 Å². The standard InChI is InChI=1S/C23H38N4O3/c1-16(2)22(28)25-21(17(3)30-15-18-7-5-4-6-8-18)23(29)27-13-10-19(11-14-27)20-9-12-24-26-20/h9,12,16-19,21H,4-8,10-11,13-15H2,1-3H3,(H,24,26)(H,25,28). The Hall–Kier alpha value is -1.89. The highest BCUT2D eigenvalue weighted by Crippen LogP contribution is 2.27. The average Bonchev–Trinajstić information content (AvgIpc) is 3.31. The number of rotatable bonds is 8. The number of amides is 2. The second kappa shape index (κ2) is 10.9. The molecule has 1 aromatic rings. The molecule has 3 rings (SSSR count). The number of nitrogens with zero attached hydrogens (tertiary/aromatic N) is 2. The Bertz CT molecular complexity index is 662. The lowest BCUT2D eigenvalue weighted by molar-refractivity contribution is -0.142. The van der Waals surface area contributed by atoms with Crippen molar-refractivity contribution in [2.45, 2.75) is 83.8 Å². The Kier molecular flexibility index (Phi) is 8.31. The van der Waals surface area contributed by atoms with Gasteiger partial charge in [0.2, 0.25) is 11.8 Å². The molecule has 30 heavy (non-hydrogen) atoms. The lowest BCUT2D eigenvalue weighted by Crippen LogP contribution is -2.56. The number of piperidine rings is 1. The van der Waals surface area contributed by atoms with Gasteiger partial charge in [0.25, 0.3) is 0 Å². The lowest BCUT2D eigenvalue weighted by atomic mass is 9.90. The van der Waals surface area contributed by atoms with Gasteiger partial charge < -0.3 is 15.0 Å². The molecule has 1 aromatic heterocycles. The van der Waals surface area contributed by atoms with Gasteiger partial charge in [-0.15, -0.1) is 0 Å². The Morgan fingerprint density at radius 1 is 1.17 bits per heavy atom. The van der Waals surface area contributed by atoms with E-state index in [0.29, 0.717) is 31.5 Å². The zero-order chi connectivity index (χ0) is 21.5. The first-order valence-corrected chi connectivity index (χ1v) is 11.7. The largest absolute Gasteiger partial charge is 0.376 e. The smallest absolute Gasteiger partial charge is 0.247 e. The SMILES string of the molecule is CC(C)C(=O)NC(C(=O)N1CCC(c2cc[nH]n2)CC1)C(C)OCC1CCCCC1. The van der Waals surface area contributed by atoms with Crippen molar-refractivity contribution < 1.29 is 14.3 Å². The van der Waals surface area contributed by atoms with Gasteiger partial charge >= 0.3 is 0 Å². The van der Waals surface area contributed by atoms with Gasteiger partial charge in [-0.2, -0.15) is 5.10 Å². The van der Waals surface area contributed by atoms with Crippen molar-refractivity contribution in [1.82, 2.24) is 20.4 Å². The molecule has 168 valence electrons. The summed E-state index contributed by atoms with van der Waals surface area (Å²) in [5, 5.41) is 10.1. The minimum absolute atomic E-state index is 0.0272. The van der Waals surface area contributed by atoms with Gasteiger partial charge in [-0.05, 0) is 44.6 Å². The van der Waals surface area contributed by atoms with Crippen LogP contribution in [-0.4, -0.2) is 58.8 Å². The highest BCUT2D eigenvalue weighted by Gasteiger charge is 2.34. The number of carbonyl (C=O) groups is 2. The molecule has 2 atom stereocenters. The number of nitrogens with one attached hydrogen (secondary N) is 2. The summed E-state index contributed by atoms with van der Waals surface area (Å²) in [6, 6.07) is 1.38. The van der Waals surface area contributed by atoms with E-state index in [0.717, 1.165) is 18.5 Å². The molecule has 0 spiro atoms. The van der Waals surface area contributed by atoms with Crippen LogP contribution >= 0.6 is 0 Å². The lowest BCUT2D eigenvalue weighted by Gasteiger charge is -2.36. The van der Waals surface area contributed by atoms with E-state index in [1.54, 1.807) is 0 Å². The first-order chi connectivity index (χ1) is 14.5. The first-order valence-electron chi connectivity index (χ1n) is 11.7. The zero-order valence-corrected chi connectivity index (χ0v) is 18.7. The van der Waals surface area contributed by atoms with E-state index in [-0.39, 0.29) is 23.8 Å². The molecule has 7 heteroatoms. The van der Waals surface area contributed by atoms with Crippen molar-refractivity contribution in [3.8, 4) is 0 Å². The van der Waals surface area contributed by atoms with Crippen LogP contribution in [0.15, 0.2) is 12.3 Å². The van der Waals surface area contributed by atoms with Gasteiger partial charge in [0.05, 0.1) is 11.8 Å². The summed E-state index contributed by atoms with van der Waals surface area (Å²) in [7, 11) is 0. The maximum atomic E-state index is 13.4. The second-order valence-electron chi connectivity index (χ2n) is 9.28. The van der Waals surface area contributed by atoms with E-state index in [4.69, 9.17) is 4.74 Å². The highest BCUT2D eigenvalue weighted by atomic mass is 16.5. The normalized spacial score (nSPS) is 20.9. The molecule has 2 unspecified atom stereocenters. The maximum absolute atomic E-state index is 13.4.